The summed E-state index contributed by atoms with van der Waals surface area (Å²) in [6.45, 7) is 0. The fourth-order valence-corrected chi connectivity index (χ4v) is 1.38. The molecular formula is C8H15ClN2O. The highest BCUT2D eigenvalue weighted by Crippen LogP contribution is 2.22. The van der Waals surface area contributed by atoms with Crippen molar-refractivity contribution in [3.05, 3.63) is 11.6 Å². The molecule has 0 aromatic heterocycles. The summed E-state index contributed by atoms with van der Waals surface area (Å²) in [5, 5.41) is 0. The van der Waals surface area contributed by atoms with Crippen LogP contribution >= 0.6 is 12.4 Å². The van der Waals surface area contributed by atoms with E-state index in [9.17, 15) is 4.79 Å². The van der Waals surface area contributed by atoms with Gasteiger partial charge in [0.1, 0.15) is 0 Å². The van der Waals surface area contributed by atoms with Crippen LogP contribution in [0.25, 0.3) is 0 Å². The molecule has 0 aromatic carbocycles. The second kappa shape index (κ2) is 6.03. The van der Waals surface area contributed by atoms with Gasteiger partial charge in [0.25, 0.3) is 5.91 Å². The Bertz CT molecular complexity index is 172. The highest BCUT2D eigenvalue weighted by Gasteiger charge is 2.05. The van der Waals surface area contributed by atoms with Gasteiger partial charge in [-0.15, -0.1) is 12.4 Å². The van der Waals surface area contributed by atoms with Crippen LogP contribution in [0.2, 0.25) is 0 Å². The molecule has 1 aliphatic rings. The van der Waals surface area contributed by atoms with Crippen LogP contribution in [0, 0.1) is 0 Å². The van der Waals surface area contributed by atoms with Crippen molar-refractivity contribution in [3.8, 4) is 0 Å². The molecular weight excluding hydrogens is 176 g/mol. The Morgan fingerprint density at radius 1 is 1.33 bits per heavy atom. The Labute approximate surface area is 78.8 Å². The molecule has 0 unspecified atom stereocenters. The van der Waals surface area contributed by atoms with E-state index in [1.165, 1.54) is 24.8 Å². The number of hydrogen-bond acceptors (Lipinski definition) is 2. The lowest BCUT2D eigenvalue weighted by molar-refractivity contribution is -0.116. The summed E-state index contributed by atoms with van der Waals surface area (Å²) in [4.78, 5) is 10.8. The fraction of sp³-hybridized carbons (Fsp3) is 0.625. The minimum absolute atomic E-state index is 0. The van der Waals surface area contributed by atoms with Gasteiger partial charge in [0, 0.05) is 6.08 Å². The van der Waals surface area contributed by atoms with Gasteiger partial charge in [-0.2, -0.15) is 0 Å². The summed E-state index contributed by atoms with van der Waals surface area (Å²) < 4.78 is 0. The van der Waals surface area contributed by atoms with E-state index in [1.54, 1.807) is 6.08 Å². The monoisotopic (exact) mass is 190 g/mol. The predicted molar refractivity (Wildman–Crippen MR) is 50.7 cm³/mol. The average Bonchev–Trinajstić information content (AvgIpc) is 2.06. The number of rotatable bonds is 1. The van der Waals surface area contributed by atoms with E-state index in [1.807, 2.05) is 0 Å². The number of allylic oxidation sites excluding steroid dienone is 1. The summed E-state index contributed by atoms with van der Waals surface area (Å²) in [6, 6.07) is 0. The van der Waals surface area contributed by atoms with Crippen molar-refractivity contribution in [2.75, 3.05) is 0 Å². The minimum atomic E-state index is -0.179. The van der Waals surface area contributed by atoms with E-state index < -0.39 is 0 Å². The lowest BCUT2D eigenvalue weighted by atomic mass is 9.95. The van der Waals surface area contributed by atoms with Crippen molar-refractivity contribution in [1.82, 2.24) is 5.43 Å². The van der Waals surface area contributed by atoms with Crippen molar-refractivity contribution in [2.24, 2.45) is 5.84 Å². The smallest absolute Gasteiger partial charge is 0.257 e. The summed E-state index contributed by atoms with van der Waals surface area (Å²) in [6.07, 6.45) is 7.47. The molecule has 4 heteroatoms. The number of hydrazine groups is 1. The average molecular weight is 191 g/mol. The zero-order chi connectivity index (χ0) is 8.10. The highest BCUT2D eigenvalue weighted by molar-refractivity contribution is 5.87. The molecule has 0 saturated heterocycles. The quantitative estimate of drug-likeness (QED) is 0.283. The van der Waals surface area contributed by atoms with Crippen LogP contribution in [0.3, 0.4) is 0 Å². The molecule has 12 heavy (non-hydrogen) atoms. The Morgan fingerprint density at radius 3 is 2.42 bits per heavy atom. The van der Waals surface area contributed by atoms with E-state index in [2.05, 4.69) is 5.43 Å². The highest BCUT2D eigenvalue weighted by atomic mass is 35.5. The van der Waals surface area contributed by atoms with Gasteiger partial charge in [-0.3, -0.25) is 10.2 Å². The SMILES string of the molecule is Cl.NNC(=O)C=C1CCCCC1. The Hall–Kier alpha value is -0.540. The van der Waals surface area contributed by atoms with Gasteiger partial charge in [0.05, 0.1) is 0 Å². The summed E-state index contributed by atoms with van der Waals surface area (Å²) in [5.74, 6) is 4.77. The molecule has 0 bridgehead atoms. The van der Waals surface area contributed by atoms with Gasteiger partial charge >= 0.3 is 0 Å². The first-order valence-corrected chi connectivity index (χ1v) is 4.03. The lowest BCUT2D eigenvalue weighted by Gasteiger charge is -2.12. The molecule has 0 aromatic rings. The third-order valence-corrected chi connectivity index (χ3v) is 1.97. The second-order valence-electron chi connectivity index (χ2n) is 2.87. The van der Waals surface area contributed by atoms with E-state index in [4.69, 9.17) is 5.84 Å². The van der Waals surface area contributed by atoms with Crippen molar-refractivity contribution in [3.63, 3.8) is 0 Å². The molecule has 1 fully saturated rings. The molecule has 0 spiro atoms. The van der Waals surface area contributed by atoms with Crippen molar-refractivity contribution < 1.29 is 4.79 Å². The van der Waals surface area contributed by atoms with Crippen LogP contribution in [0.5, 0.6) is 0 Å². The summed E-state index contributed by atoms with van der Waals surface area (Å²) in [5.41, 5.74) is 3.33. The summed E-state index contributed by atoms with van der Waals surface area (Å²) in [7, 11) is 0. The number of amides is 1. The third-order valence-electron chi connectivity index (χ3n) is 1.97. The van der Waals surface area contributed by atoms with Crippen LogP contribution in [0.1, 0.15) is 32.1 Å². The standard InChI is InChI=1S/C8H14N2O.ClH/c9-10-8(11)6-7-4-2-1-3-5-7;/h6H,1-5,9H2,(H,10,11);1H. The Morgan fingerprint density at radius 2 is 1.92 bits per heavy atom. The third kappa shape index (κ3) is 3.74. The fourth-order valence-electron chi connectivity index (χ4n) is 1.38. The number of halogens is 1. The molecule has 3 N–H and O–H groups in total. The molecule has 1 amide bonds. The maximum absolute atomic E-state index is 10.8. The summed E-state index contributed by atoms with van der Waals surface area (Å²) >= 11 is 0. The molecule has 1 saturated carbocycles. The maximum Gasteiger partial charge on any atom is 0.257 e. The van der Waals surface area contributed by atoms with Crippen LogP contribution in [-0.2, 0) is 4.79 Å². The molecule has 0 aliphatic heterocycles. The normalized spacial score (nSPS) is 16.2. The molecule has 0 heterocycles. The second-order valence-corrected chi connectivity index (χ2v) is 2.87. The molecule has 3 nitrogen and oxygen atoms in total. The first kappa shape index (κ1) is 11.5. The first-order chi connectivity index (χ1) is 5.33. The minimum Gasteiger partial charge on any atom is -0.291 e. The number of nitrogens with two attached hydrogens (primary N) is 1. The number of carbonyl (C=O) groups excluding carboxylic acids is 1. The zero-order valence-electron chi connectivity index (χ0n) is 7.01. The van der Waals surface area contributed by atoms with E-state index in [0.29, 0.717) is 0 Å². The van der Waals surface area contributed by atoms with Gasteiger partial charge in [-0.1, -0.05) is 12.0 Å². The van der Waals surface area contributed by atoms with Crippen LogP contribution in [-0.4, -0.2) is 5.91 Å². The van der Waals surface area contributed by atoms with Gasteiger partial charge in [-0.25, -0.2) is 5.84 Å². The van der Waals surface area contributed by atoms with Gasteiger partial charge in [0.2, 0.25) is 0 Å². The number of nitrogens with one attached hydrogen (secondary N) is 1. The van der Waals surface area contributed by atoms with Crippen molar-refractivity contribution >= 4 is 18.3 Å². The number of hydrogen-bond donors (Lipinski definition) is 2. The molecule has 70 valence electrons. The molecule has 0 atom stereocenters. The predicted octanol–water partition coefficient (Wildman–Crippen LogP) is 1.29. The van der Waals surface area contributed by atoms with Crippen molar-refractivity contribution in [1.29, 1.82) is 0 Å². The largest absolute Gasteiger partial charge is 0.291 e. The number of carbonyl (C=O) groups is 1. The Balaban J connectivity index is 0.00000121. The van der Waals surface area contributed by atoms with Gasteiger partial charge < -0.3 is 0 Å². The van der Waals surface area contributed by atoms with Crippen LogP contribution in [0.15, 0.2) is 11.6 Å². The van der Waals surface area contributed by atoms with E-state index in [0.717, 1.165) is 12.8 Å². The van der Waals surface area contributed by atoms with Crippen molar-refractivity contribution in [2.45, 2.75) is 32.1 Å². The van der Waals surface area contributed by atoms with E-state index in [-0.39, 0.29) is 18.3 Å². The topological polar surface area (TPSA) is 55.1 Å². The lowest BCUT2D eigenvalue weighted by Crippen LogP contribution is -2.28. The van der Waals surface area contributed by atoms with Crippen LogP contribution in [0.4, 0.5) is 0 Å². The molecule has 1 aliphatic carbocycles. The van der Waals surface area contributed by atoms with Crippen LogP contribution < -0.4 is 11.3 Å². The zero-order valence-corrected chi connectivity index (χ0v) is 7.82. The first-order valence-electron chi connectivity index (χ1n) is 4.03. The Kier molecular flexibility index (Phi) is 5.76. The van der Waals surface area contributed by atoms with Gasteiger partial charge in [-0.05, 0) is 25.7 Å². The van der Waals surface area contributed by atoms with E-state index >= 15 is 0 Å². The van der Waals surface area contributed by atoms with Gasteiger partial charge in [0.15, 0.2) is 0 Å². The molecule has 1 rings (SSSR count). The maximum atomic E-state index is 10.8. The molecule has 0 radical (unpaired) electrons.